The topological polar surface area (TPSA) is 56.7 Å². The molecular formula is C15H21N3O2. The Morgan fingerprint density at radius 3 is 2.70 bits per heavy atom. The zero-order valence-corrected chi connectivity index (χ0v) is 11.9. The lowest BCUT2D eigenvalue weighted by Crippen LogP contribution is -2.47. The summed E-state index contributed by atoms with van der Waals surface area (Å²) in [5.41, 5.74) is 2.59. The molecule has 1 aromatic heterocycles. The third-order valence-corrected chi connectivity index (χ3v) is 4.38. The van der Waals surface area contributed by atoms with Gasteiger partial charge in [0, 0.05) is 31.9 Å². The molecule has 1 N–H and O–H groups in total. The Kier molecular flexibility index (Phi) is 3.61. The molecule has 1 saturated heterocycles. The fourth-order valence-electron chi connectivity index (χ4n) is 3.14. The van der Waals surface area contributed by atoms with E-state index in [-0.39, 0.29) is 0 Å². The standard InChI is InChI=1S/C15H21N3O2/c1-2-17-6-8-18(9-7-17)14-12(15(19)20)10-11-4-3-5-13(11)16-14/h10H,2-9H2,1H3,(H,19,20). The van der Waals surface area contributed by atoms with Gasteiger partial charge in [-0.2, -0.15) is 0 Å². The lowest BCUT2D eigenvalue weighted by molar-refractivity contribution is 0.0697. The second-order valence-electron chi connectivity index (χ2n) is 5.55. The number of carbonyl (C=O) groups is 1. The van der Waals surface area contributed by atoms with Crippen molar-refractivity contribution in [1.82, 2.24) is 9.88 Å². The van der Waals surface area contributed by atoms with Crippen molar-refractivity contribution in [1.29, 1.82) is 0 Å². The maximum Gasteiger partial charge on any atom is 0.339 e. The van der Waals surface area contributed by atoms with E-state index in [1.165, 1.54) is 0 Å². The van der Waals surface area contributed by atoms with E-state index in [1.807, 2.05) is 6.07 Å². The second-order valence-corrected chi connectivity index (χ2v) is 5.55. The van der Waals surface area contributed by atoms with Gasteiger partial charge in [-0.25, -0.2) is 9.78 Å². The highest BCUT2D eigenvalue weighted by Crippen LogP contribution is 2.28. The van der Waals surface area contributed by atoms with Crippen molar-refractivity contribution in [2.24, 2.45) is 0 Å². The van der Waals surface area contributed by atoms with Crippen molar-refractivity contribution in [2.45, 2.75) is 26.2 Å². The highest BCUT2D eigenvalue weighted by molar-refractivity contribution is 5.93. The van der Waals surface area contributed by atoms with E-state index in [9.17, 15) is 9.90 Å². The number of aromatic nitrogens is 1. The number of fused-ring (bicyclic) bond motifs is 1. The van der Waals surface area contributed by atoms with E-state index in [0.29, 0.717) is 11.4 Å². The third-order valence-electron chi connectivity index (χ3n) is 4.38. The van der Waals surface area contributed by atoms with Gasteiger partial charge >= 0.3 is 5.97 Å². The fraction of sp³-hybridized carbons (Fsp3) is 0.600. The van der Waals surface area contributed by atoms with Gasteiger partial charge in [0.1, 0.15) is 11.4 Å². The van der Waals surface area contributed by atoms with E-state index in [4.69, 9.17) is 0 Å². The molecule has 5 heteroatoms. The van der Waals surface area contributed by atoms with Crippen LogP contribution in [0.2, 0.25) is 0 Å². The Morgan fingerprint density at radius 2 is 2.05 bits per heavy atom. The number of carboxylic acids is 1. The molecule has 0 unspecified atom stereocenters. The summed E-state index contributed by atoms with van der Waals surface area (Å²) >= 11 is 0. The minimum atomic E-state index is -0.861. The van der Waals surface area contributed by atoms with Gasteiger partial charge in [-0.1, -0.05) is 6.92 Å². The Labute approximate surface area is 119 Å². The molecule has 0 atom stereocenters. The Balaban J connectivity index is 1.90. The predicted molar refractivity (Wildman–Crippen MR) is 77.5 cm³/mol. The molecule has 1 fully saturated rings. The molecule has 1 aliphatic carbocycles. The van der Waals surface area contributed by atoms with E-state index in [0.717, 1.165) is 63.2 Å². The summed E-state index contributed by atoms with van der Waals surface area (Å²) in [4.78, 5) is 20.7. The molecule has 2 aliphatic rings. The highest BCUT2D eigenvalue weighted by atomic mass is 16.4. The molecule has 3 rings (SSSR count). The number of anilines is 1. The van der Waals surface area contributed by atoms with Gasteiger partial charge in [0.05, 0.1) is 0 Å². The van der Waals surface area contributed by atoms with Crippen LogP contribution in [-0.2, 0) is 12.8 Å². The molecule has 1 aromatic rings. The van der Waals surface area contributed by atoms with E-state index >= 15 is 0 Å². The molecule has 20 heavy (non-hydrogen) atoms. The lowest BCUT2D eigenvalue weighted by Gasteiger charge is -2.35. The SMILES string of the molecule is CCN1CCN(c2nc3c(cc2C(=O)O)CCC3)CC1. The summed E-state index contributed by atoms with van der Waals surface area (Å²) in [5.74, 6) is -0.186. The van der Waals surface area contributed by atoms with E-state index in [1.54, 1.807) is 0 Å². The maximum atomic E-state index is 11.5. The van der Waals surface area contributed by atoms with Crippen LogP contribution in [0.5, 0.6) is 0 Å². The average Bonchev–Trinajstić information content (AvgIpc) is 2.93. The van der Waals surface area contributed by atoms with Gasteiger partial charge in [0.15, 0.2) is 0 Å². The summed E-state index contributed by atoms with van der Waals surface area (Å²) < 4.78 is 0. The minimum Gasteiger partial charge on any atom is -0.478 e. The molecule has 0 amide bonds. The summed E-state index contributed by atoms with van der Waals surface area (Å²) in [7, 11) is 0. The van der Waals surface area contributed by atoms with Crippen molar-refractivity contribution in [3.8, 4) is 0 Å². The average molecular weight is 275 g/mol. The van der Waals surface area contributed by atoms with Crippen LogP contribution in [0, 0.1) is 0 Å². The van der Waals surface area contributed by atoms with Crippen LogP contribution in [0.15, 0.2) is 6.07 Å². The molecule has 1 aliphatic heterocycles. The van der Waals surface area contributed by atoms with Gasteiger partial charge in [-0.05, 0) is 37.4 Å². The molecule has 0 bridgehead atoms. The van der Waals surface area contributed by atoms with E-state index < -0.39 is 5.97 Å². The molecule has 0 saturated carbocycles. The van der Waals surface area contributed by atoms with Gasteiger partial charge in [-0.15, -0.1) is 0 Å². The maximum absolute atomic E-state index is 11.5. The van der Waals surface area contributed by atoms with Crippen LogP contribution in [0.1, 0.15) is 35.0 Å². The number of aromatic carboxylic acids is 1. The molecule has 108 valence electrons. The number of piperazine rings is 1. The number of carboxylic acid groups (broad SMARTS) is 1. The molecule has 5 nitrogen and oxygen atoms in total. The third kappa shape index (κ3) is 2.38. The quantitative estimate of drug-likeness (QED) is 0.904. The van der Waals surface area contributed by atoms with Crippen molar-refractivity contribution in [3.05, 3.63) is 22.9 Å². The molecule has 2 heterocycles. The van der Waals surface area contributed by atoms with Crippen molar-refractivity contribution < 1.29 is 9.90 Å². The van der Waals surface area contributed by atoms with Crippen LogP contribution in [0.25, 0.3) is 0 Å². The summed E-state index contributed by atoms with van der Waals surface area (Å²) in [6, 6.07) is 1.85. The van der Waals surface area contributed by atoms with Crippen LogP contribution in [0.3, 0.4) is 0 Å². The number of aryl methyl sites for hydroxylation is 2. The first kappa shape index (κ1) is 13.4. The van der Waals surface area contributed by atoms with Crippen LogP contribution in [0.4, 0.5) is 5.82 Å². The first-order chi connectivity index (χ1) is 9.69. The van der Waals surface area contributed by atoms with E-state index in [2.05, 4.69) is 21.7 Å². The summed E-state index contributed by atoms with van der Waals surface area (Å²) in [5, 5.41) is 9.45. The van der Waals surface area contributed by atoms with Crippen molar-refractivity contribution >= 4 is 11.8 Å². The first-order valence-corrected chi connectivity index (χ1v) is 7.42. The normalized spacial score (nSPS) is 19.1. The first-order valence-electron chi connectivity index (χ1n) is 7.42. The number of nitrogens with zero attached hydrogens (tertiary/aromatic N) is 3. The molecule has 0 spiro atoms. The molecular weight excluding hydrogens is 254 g/mol. The van der Waals surface area contributed by atoms with Crippen LogP contribution < -0.4 is 4.90 Å². The monoisotopic (exact) mass is 275 g/mol. The number of rotatable bonds is 3. The number of likely N-dealkylation sites (N-methyl/N-ethyl adjacent to an activating group) is 1. The zero-order valence-electron chi connectivity index (χ0n) is 11.9. The largest absolute Gasteiger partial charge is 0.478 e. The summed E-state index contributed by atoms with van der Waals surface area (Å²) in [6.45, 7) is 6.89. The van der Waals surface area contributed by atoms with Gasteiger partial charge in [-0.3, -0.25) is 0 Å². The van der Waals surface area contributed by atoms with Crippen LogP contribution in [-0.4, -0.2) is 53.7 Å². The van der Waals surface area contributed by atoms with Crippen molar-refractivity contribution in [2.75, 3.05) is 37.6 Å². The second kappa shape index (κ2) is 5.40. The number of hydrogen-bond acceptors (Lipinski definition) is 4. The van der Waals surface area contributed by atoms with Crippen LogP contribution >= 0.6 is 0 Å². The van der Waals surface area contributed by atoms with Gasteiger partial charge in [0.2, 0.25) is 0 Å². The fourth-order valence-corrected chi connectivity index (χ4v) is 3.14. The Bertz CT molecular complexity index is 522. The predicted octanol–water partition coefficient (Wildman–Crippen LogP) is 1.41. The van der Waals surface area contributed by atoms with Crippen molar-refractivity contribution in [3.63, 3.8) is 0 Å². The highest BCUT2D eigenvalue weighted by Gasteiger charge is 2.25. The number of pyridine rings is 1. The number of hydrogen-bond donors (Lipinski definition) is 1. The minimum absolute atomic E-state index is 0.371. The lowest BCUT2D eigenvalue weighted by atomic mass is 10.1. The van der Waals surface area contributed by atoms with Gasteiger partial charge in [0.25, 0.3) is 0 Å². The Morgan fingerprint density at radius 1 is 1.30 bits per heavy atom. The van der Waals surface area contributed by atoms with Gasteiger partial charge < -0.3 is 14.9 Å². The Hall–Kier alpha value is -1.62. The molecule has 0 radical (unpaired) electrons. The zero-order chi connectivity index (χ0) is 14.1. The summed E-state index contributed by atoms with van der Waals surface area (Å²) in [6.07, 6.45) is 3.04. The smallest absolute Gasteiger partial charge is 0.339 e. The molecule has 0 aromatic carbocycles.